The number of carbonyl (C=O) groups is 1. The van der Waals surface area contributed by atoms with Gasteiger partial charge in [0.05, 0.1) is 0 Å². The number of amides is 1. The third-order valence-corrected chi connectivity index (χ3v) is 3.93. The Balaban J connectivity index is 0.00000180. The maximum absolute atomic E-state index is 12.2. The molecule has 1 aliphatic rings. The van der Waals surface area contributed by atoms with E-state index in [4.69, 9.17) is 5.73 Å². The van der Waals surface area contributed by atoms with Crippen LogP contribution < -0.4 is 11.1 Å². The number of hydrogen-bond donors (Lipinski definition) is 2. The molecule has 1 saturated carbocycles. The van der Waals surface area contributed by atoms with Gasteiger partial charge in [-0.25, -0.2) is 0 Å². The highest BCUT2D eigenvalue weighted by Gasteiger charge is 2.31. The van der Waals surface area contributed by atoms with Gasteiger partial charge >= 0.3 is 0 Å². The molecular formula is C15H23ClN2O. The minimum Gasteiger partial charge on any atom is -0.330 e. The molecule has 0 saturated heterocycles. The normalized spacial score (nSPS) is 21.8. The molecule has 0 heterocycles. The van der Waals surface area contributed by atoms with E-state index in [0.717, 1.165) is 31.4 Å². The summed E-state index contributed by atoms with van der Waals surface area (Å²) in [4.78, 5) is 12.2. The molecule has 0 unspecified atom stereocenters. The van der Waals surface area contributed by atoms with E-state index in [1.807, 2.05) is 12.1 Å². The molecule has 0 aromatic heterocycles. The van der Waals surface area contributed by atoms with E-state index in [-0.39, 0.29) is 24.2 Å². The molecule has 3 N–H and O–H groups in total. The Morgan fingerprint density at radius 1 is 1.32 bits per heavy atom. The topological polar surface area (TPSA) is 55.1 Å². The lowest BCUT2D eigenvalue weighted by molar-refractivity contribution is -0.120. The summed E-state index contributed by atoms with van der Waals surface area (Å²) in [7, 11) is 0. The average Bonchev–Trinajstić information content (AvgIpc) is 2.88. The Morgan fingerprint density at radius 2 is 2.00 bits per heavy atom. The molecular weight excluding hydrogens is 260 g/mol. The number of halogens is 1. The predicted molar refractivity (Wildman–Crippen MR) is 81.6 cm³/mol. The molecule has 1 aromatic rings. The van der Waals surface area contributed by atoms with Crippen LogP contribution in [0.1, 0.15) is 31.7 Å². The Hall–Kier alpha value is -1.06. The first-order valence-corrected chi connectivity index (χ1v) is 6.84. The first kappa shape index (κ1) is 16.0. The summed E-state index contributed by atoms with van der Waals surface area (Å²) in [6.45, 7) is 2.74. The molecule has 0 radical (unpaired) electrons. The number of aryl methyl sites for hydroxylation is 1. The molecule has 1 aromatic carbocycles. The van der Waals surface area contributed by atoms with Gasteiger partial charge in [0, 0.05) is 11.6 Å². The summed E-state index contributed by atoms with van der Waals surface area (Å²) in [6, 6.07) is 8.07. The lowest BCUT2D eigenvalue weighted by atomic mass is 9.95. The minimum absolute atomic E-state index is 0. The van der Waals surface area contributed by atoms with Crippen molar-refractivity contribution in [3.63, 3.8) is 0 Å². The third-order valence-electron chi connectivity index (χ3n) is 3.93. The monoisotopic (exact) mass is 282 g/mol. The number of anilines is 1. The fourth-order valence-corrected chi connectivity index (χ4v) is 2.72. The average molecular weight is 283 g/mol. The Labute approximate surface area is 121 Å². The number of nitrogens with one attached hydrogen (secondary N) is 1. The zero-order valence-corrected chi connectivity index (χ0v) is 12.2. The van der Waals surface area contributed by atoms with Gasteiger partial charge in [0.1, 0.15) is 0 Å². The van der Waals surface area contributed by atoms with Crippen LogP contribution in [0.5, 0.6) is 0 Å². The van der Waals surface area contributed by atoms with Crippen molar-refractivity contribution < 1.29 is 4.79 Å². The summed E-state index contributed by atoms with van der Waals surface area (Å²) < 4.78 is 0. The number of carbonyl (C=O) groups excluding carboxylic acids is 1. The van der Waals surface area contributed by atoms with Crippen LogP contribution in [0, 0.1) is 11.8 Å². The maximum Gasteiger partial charge on any atom is 0.227 e. The zero-order chi connectivity index (χ0) is 13.0. The fraction of sp³-hybridized carbons (Fsp3) is 0.533. The molecule has 0 aliphatic heterocycles. The fourth-order valence-electron chi connectivity index (χ4n) is 2.72. The first-order valence-electron chi connectivity index (χ1n) is 6.84. The minimum atomic E-state index is 0. The quantitative estimate of drug-likeness (QED) is 0.892. The third kappa shape index (κ3) is 3.95. The largest absolute Gasteiger partial charge is 0.330 e. The number of hydrogen-bond acceptors (Lipinski definition) is 2. The van der Waals surface area contributed by atoms with Crippen molar-refractivity contribution in [2.75, 3.05) is 11.9 Å². The molecule has 1 fully saturated rings. The highest BCUT2D eigenvalue weighted by molar-refractivity contribution is 5.92. The van der Waals surface area contributed by atoms with Crippen molar-refractivity contribution in [3.05, 3.63) is 29.8 Å². The zero-order valence-electron chi connectivity index (χ0n) is 11.4. The standard InChI is InChI=1S/C15H22N2O.ClH/c1-2-11-6-8-13(9-7-11)17-15(18)14-5-3-4-12(14)10-16;/h6-9,12,14H,2-5,10,16H2,1H3,(H,17,18);1H/t12-,14-;/m1./s1. The van der Waals surface area contributed by atoms with Crippen molar-refractivity contribution in [2.45, 2.75) is 32.6 Å². The van der Waals surface area contributed by atoms with Gasteiger partial charge in [-0.3, -0.25) is 4.79 Å². The van der Waals surface area contributed by atoms with E-state index in [0.29, 0.717) is 12.5 Å². The van der Waals surface area contributed by atoms with Gasteiger partial charge in [-0.15, -0.1) is 12.4 Å². The molecule has 1 amide bonds. The van der Waals surface area contributed by atoms with Gasteiger partial charge < -0.3 is 11.1 Å². The van der Waals surface area contributed by atoms with E-state index < -0.39 is 0 Å². The predicted octanol–water partition coefficient (Wildman–Crippen LogP) is 2.98. The molecule has 1 aliphatic carbocycles. The smallest absolute Gasteiger partial charge is 0.227 e. The first-order chi connectivity index (χ1) is 8.74. The number of benzene rings is 1. The molecule has 2 rings (SSSR count). The van der Waals surface area contributed by atoms with Crippen molar-refractivity contribution >= 4 is 24.0 Å². The van der Waals surface area contributed by atoms with Crippen LogP contribution in [0.2, 0.25) is 0 Å². The molecule has 19 heavy (non-hydrogen) atoms. The second-order valence-electron chi connectivity index (χ2n) is 5.07. The maximum atomic E-state index is 12.2. The highest BCUT2D eigenvalue weighted by atomic mass is 35.5. The summed E-state index contributed by atoms with van der Waals surface area (Å²) in [5.74, 6) is 0.591. The van der Waals surface area contributed by atoms with E-state index in [2.05, 4.69) is 24.4 Å². The van der Waals surface area contributed by atoms with Gasteiger partial charge in [0.15, 0.2) is 0 Å². The van der Waals surface area contributed by atoms with E-state index in [1.165, 1.54) is 5.56 Å². The van der Waals surface area contributed by atoms with E-state index >= 15 is 0 Å². The molecule has 106 valence electrons. The molecule has 0 bridgehead atoms. The van der Waals surface area contributed by atoms with Gasteiger partial charge in [0.2, 0.25) is 5.91 Å². The lowest BCUT2D eigenvalue weighted by Gasteiger charge is -2.17. The van der Waals surface area contributed by atoms with Crippen LogP contribution in [0.25, 0.3) is 0 Å². The number of nitrogens with two attached hydrogens (primary N) is 1. The summed E-state index contributed by atoms with van der Waals surface area (Å²) in [5.41, 5.74) is 7.89. The van der Waals surface area contributed by atoms with Crippen molar-refractivity contribution in [2.24, 2.45) is 17.6 Å². The summed E-state index contributed by atoms with van der Waals surface area (Å²) in [6.07, 6.45) is 4.20. The van der Waals surface area contributed by atoms with Crippen LogP contribution in [0.4, 0.5) is 5.69 Å². The second-order valence-corrected chi connectivity index (χ2v) is 5.07. The summed E-state index contributed by atoms with van der Waals surface area (Å²) in [5, 5.41) is 3.00. The van der Waals surface area contributed by atoms with Crippen LogP contribution in [-0.2, 0) is 11.2 Å². The van der Waals surface area contributed by atoms with Crippen LogP contribution >= 0.6 is 12.4 Å². The van der Waals surface area contributed by atoms with E-state index in [1.54, 1.807) is 0 Å². The molecule has 2 atom stereocenters. The van der Waals surface area contributed by atoms with Crippen molar-refractivity contribution in [3.8, 4) is 0 Å². The Kier molecular flexibility index (Phi) is 6.32. The van der Waals surface area contributed by atoms with Gasteiger partial charge in [-0.2, -0.15) is 0 Å². The van der Waals surface area contributed by atoms with Gasteiger partial charge in [-0.05, 0) is 49.4 Å². The SMILES string of the molecule is CCc1ccc(NC(=O)[C@@H]2CCC[C@@H]2CN)cc1.Cl. The van der Waals surface area contributed by atoms with Crippen LogP contribution in [-0.4, -0.2) is 12.5 Å². The van der Waals surface area contributed by atoms with Gasteiger partial charge in [-0.1, -0.05) is 25.5 Å². The molecule has 3 nitrogen and oxygen atoms in total. The Morgan fingerprint density at radius 3 is 2.58 bits per heavy atom. The molecule has 4 heteroatoms. The van der Waals surface area contributed by atoms with Gasteiger partial charge in [0.25, 0.3) is 0 Å². The van der Waals surface area contributed by atoms with Crippen molar-refractivity contribution in [1.82, 2.24) is 0 Å². The number of rotatable bonds is 4. The van der Waals surface area contributed by atoms with Crippen LogP contribution in [0.15, 0.2) is 24.3 Å². The van der Waals surface area contributed by atoms with Crippen molar-refractivity contribution in [1.29, 1.82) is 0 Å². The van der Waals surface area contributed by atoms with E-state index in [9.17, 15) is 4.79 Å². The highest BCUT2D eigenvalue weighted by Crippen LogP contribution is 2.31. The summed E-state index contributed by atoms with van der Waals surface area (Å²) >= 11 is 0. The second kappa shape index (κ2) is 7.51. The van der Waals surface area contributed by atoms with Crippen LogP contribution in [0.3, 0.4) is 0 Å². The lowest BCUT2D eigenvalue weighted by Crippen LogP contribution is -2.29. The Bertz CT molecular complexity index is 405. The molecule has 0 spiro atoms.